The zero-order valence-electron chi connectivity index (χ0n) is 17.5. The van der Waals surface area contributed by atoms with Gasteiger partial charge in [-0.15, -0.1) is 0 Å². The van der Waals surface area contributed by atoms with Gasteiger partial charge in [0.15, 0.2) is 0 Å². The van der Waals surface area contributed by atoms with Gasteiger partial charge in [0.1, 0.15) is 23.1 Å². The van der Waals surface area contributed by atoms with E-state index in [-0.39, 0.29) is 11.0 Å². The van der Waals surface area contributed by atoms with E-state index < -0.39 is 0 Å². The summed E-state index contributed by atoms with van der Waals surface area (Å²) in [6, 6.07) is 3.72. The number of aromatic nitrogens is 2. The molecular weight excluding hydrogens is 358 g/mol. The molecule has 7 nitrogen and oxygen atoms in total. The van der Waals surface area contributed by atoms with E-state index in [1.165, 1.54) is 0 Å². The number of aromatic amines is 1. The molecule has 152 valence electrons. The maximum Gasteiger partial charge on any atom is 0.254 e. The van der Waals surface area contributed by atoms with E-state index in [0.717, 1.165) is 40.7 Å². The quantitative estimate of drug-likeness (QED) is 0.850. The SMILES string of the molecule is COc1cc(OC)c(CN2CCc3c(nc(C(C)(C)C)[nH]c3=O)C2)c(OC)c1. The number of ether oxygens (including phenoxy) is 3. The Labute approximate surface area is 165 Å². The molecule has 0 atom stereocenters. The molecule has 3 rings (SSSR count). The molecule has 0 saturated carbocycles. The van der Waals surface area contributed by atoms with E-state index in [4.69, 9.17) is 19.2 Å². The smallest absolute Gasteiger partial charge is 0.254 e. The van der Waals surface area contributed by atoms with Crippen LogP contribution in [0.4, 0.5) is 0 Å². The highest BCUT2D eigenvalue weighted by Gasteiger charge is 2.26. The standard InChI is InChI=1S/C21H29N3O4/c1-21(2,3)20-22-16-12-24(8-7-14(16)19(25)23-20)11-15-17(27-5)9-13(26-4)10-18(15)28-6/h9-10H,7-8,11-12H2,1-6H3,(H,22,23,25). The van der Waals surface area contributed by atoms with Crippen LogP contribution in [-0.2, 0) is 24.9 Å². The van der Waals surface area contributed by atoms with Crippen LogP contribution in [0.15, 0.2) is 16.9 Å². The maximum atomic E-state index is 12.5. The normalized spacial score (nSPS) is 14.5. The van der Waals surface area contributed by atoms with E-state index in [9.17, 15) is 4.79 Å². The highest BCUT2D eigenvalue weighted by molar-refractivity contribution is 5.50. The zero-order chi connectivity index (χ0) is 20.5. The van der Waals surface area contributed by atoms with Crippen molar-refractivity contribution in [2.24, 2.45) is 0 Å². The molecule has 0 saturated heterocycles. The molecule has 1 aromatic carbocycles. The van der Waals surface area contributed by atoms with Crippen molar-refractivity contribution in [3.63, 3.8) is 0 Å². The van der Waals surface area contributed by atoms with Crippen molar-refractivity contribution in [1.82, 2.24) is 14.9 Å². The van der Waals surface area contributed by atoms with E-state index in [1.807, 2.05) is 32.9 Å². The second-order valence-electron chi connectivity index (χ2n) is 8.06. The Morgan fingerprint density at radius 3 is 2.29 bits per heavy atom. The molecule has 0 fully saturated rings. The molecule has 0 amide bonds. The van der Waals surface area contributed by atoms with Crippen molar-refractivity contribution in [2.45, 2.75) is 45.7 Å². The van der Waals surface area contributed by atoms with Crippen LogP contribution in [0.2, 0.25) is 0 Å². The van der Waals surface area contributed by atoms with Gasteiger partial charge in [-0.05, 0) is 6.42 Å². The van der Waals surface area contributed by atoms with Gasteiger partial charge in [-0.3, -0.25) is 9.69 Å². The largest absolute Gasteiger partial charge is 0.496 e. The lowest BCUT2D eigenvalue weighted by atomic mass is 9.95. The molecule has 1 aromatic heterocycles. The summed E-state index contributed by atoms with van der Waals surface area (Å²) >= 11 is 0. The zero-order valence-corrected chi connectivity index (χ0v) is 17.5. The van der Waals surface area contributed by atoms with Gasteiger partial charge >= 0.3 is 0 Å². The van der Waals surface area contributed by atoms with Gasteiger partial charge in [0, 0.05) is 42.7 Å². The van der Waals surface area contributed by atoms with Crippen LogP contribution >= 0.6 is 0 Å². The van der Waals surface area contributed by atoms with E-state index in [1.54, 1.807) is 21.3 Å². The molecule has 2 aromatic rings. The fourth-order valence-corrected chi connectivity index (χ4v) is 3.44. The molecule has 7 heteroatoms. The van der Waals surface area contributed by atoms with Crippen molar-refractivity contribution in [3.8, 4) is 17.2 Å². The van der Waals surface area contributed by atoms with Crippen molar-refractivity contribution >= 4 is 0 Å². The second-order valence-corrected chi connectivity index (χ2v) is 8.06. The van der Waals surface area contributed by atoms with Crippen LogP contribution < -0.4 is 19.8 Å². The molecule has 0 bridgehead atoms. The first-order valence-corrected chi connectivity index (χ1v) is 9.40. The third-order valence-electron chi connectivity index (χ3n) is 5.06. The van der Waals surface area contributed by atoms with Crippen molar-refractivity contribution in [1.29, 1.82) is 0 Å². The van der Waals surface area contributed by atoms with Gasteiger partial charge in [-0.25, -0.2) is 4.98 Å². The predicted molar refractivity (Wildman–Crippen MR) is 107 cm³/mol. The minimum atomic E-state index is -0.209. The van der Waals surface area contributed by atoms with E-state index in [0.29, 0.717) is 25.3 Å². The average Bonchev–Trinajstić information content (AvgIpc) is 2.67. The van der Waals surface area contributed by atoms with Crippen LogP contribution in [0.5, 0.6) is 17.2 Å². The third-order valence-corrected chi connectivity index (χ3v) is 5.06. The summed E-state index contributed by atoms with van der Waals surface area (Å²) in [5, 5.41) is 0. The number of fused-ring (bicyclic) bond motifs is 1. The second kappa shape index (κ2) is 7.83. The number of nitrogens with one attached hydrogen (secondary N) is 1. The molecular formula is C21H29N3O4. The number of H-pyrrole nitrogens is 1. The van der Waals surface area contributed by atoms with Gasteiger partial charge in [0.25, 0.3) is 5.56 Å². The van der Waals surface area contributed by atoms with Gasteiger partial charge in [0.2, 0.25) is 0 Å². The molecule has 0 unspecified atom stereocenters. The van der Waals surface area contributed by atoms with Crippen LogP contribution in [0.25, 0.3) is 0 Å². The Bertz CT molecular complexity index is 890. The maximum absolute atomic E-state index is 12.5. The number of rotatable bonds is 5. The Hall–Kier alpha value is -2.54. The highest BCUT2D eigenvalue weighted by atomic mass is 16.5. The number of methoxy groups -OCH3 is 3. The fourth-order valence-electron chi connectivity index (χ4n) is 3.44. The summed E-state index contributed by atoms with van der Waals surface area (Å²) in [5.41, 5.74) is 2.37. The molecule has 2 heterocycles. The summed E-state index contributed by atoms with van der Waals surface area (Å²) in [6.45, 7) is 8.16. The lowest BCUT2D eigenvalue weighted by Crippen LogP contribution is -2.36. The lowest BCUT2D eigenvalue weighted by molar-refractivity contribution is 0.231. The van der Waals surface area contributed by atoms with Gasteiger partial charge in [0.05, 0.1) is 32.6 Å². The monoisotopic (exact) mass is 387 g/mol. The van der Waals surface area contributed by atoms with E-state index >= 15 is 0 Å². The minimum Gasteiger partial charge on any atom is -0.496 e. The molecule has 1 aliphatic rings. The van der Waals surface area contributed by atoms with Crippen LogP contribution in [-0.4, -0.2) is 42.7 Å². The molecule has 1 N–H and O–H groups in total. The predicted octanol–water partition coefficient (Wildman–Crippen LogP) is 2.65. The van der Waals surface area contributed by atoms with Crippen LogP contribution in [0.3, 0.4) is 0 Å². The number of nitrogens with zero attached hydrogens (tertiary/aromatic N) is 2. The minimum absolute atomic E-state index is 0.0193. The van der Waals surface area contributed by atoms with Gasteiger partial charge in [-0.2, -0.15) is 0 Å². The molecule has 0 spiro atoms. The van der Waals surface area contributed by atoms with Crippen LogP contribution in [0, 0.1) is 0 Å². The average molecular weight is 387 g/mol. The third kappa shape index (κ3) is 3.99. The fraction of sp³-hybridized carbons (Fsp3) is 0.524. The summed E-state index contributed by atoms with van der Waals surface area (Å²) in [6.07, 6.45) is 0.670. The molecule has 0 radical (unpaired) electrons. The van der Waals surface area contributed by atoms with Gasteiger partial charge < -0.3 is 19.2 Å². The molecule has 1 aliphatic heterocycles. The topological polar surface area (TPSA) is 76.7 Å². The highest BCUT2D eigenvalue weighted by Crippen LogP contribution is 2.35. The summed E-state index contributed by atoms with van der Waals surface area (Å²) in [7, 11) is 4.89. The first-order chi connectivity index (χ1) is 13.3. The van der Waals surface area contributed by atoms with Crippen molar-refractivity contribution < 1.29 is 14.2 Å². The Morgan fingerprint density at radius 2 is 1.75 bits per heavy atom. The number of hydrogen-bond donors (Lipinski definition) is 1. The molecule has 28 heavy (non-hydrogen) atoms. The van der Waals surface area contributed by atoms with Crippen molar-refractivity contribution in [3.05, 3.63) is 45.1 Å². The Balaban J connectivity index is 1.91. The Kier molecular flexibility index (Phi) is 5.65. The van der Waals surface area contributed by atoms with E-state index in [2.05, 4.69) is 9.88 Å². The summed E-state index contributed by atoms with van der Waals surface area (Å²) in [4.78, 5) is 22.5. The lowest BCUT2D eigenvalue weighted by Gasteiger charge is -2.30. The first-order valence-electron chi connectivity index (χ1n) is 9.40. The first kappa shape index (κ1) is 20.2. The number of hydrogen-bond acceptors (Lipinski definition) is 6. The summed E-state index contributed by atoms with van der Waals surface area (Å²) in [5.74, 6) is 2.84. The number of benzene rings is 1. The van der Waals surface area contributed by atoms with Crippen LogP contribution in [0.1, 0.15) is 43.4 Å². The van der Waals surface area contributed by atoms with Crippen molar-refractivity contribution in [2.75, 3.05) is 27.9 Å². The van der Waals surface area contributed by atoms with Gasteiger partial charge in [-0.1, -0.05) is 20.8 Å². The Morgan fingerprint density at radius 1 is 1.11 bits per heavy atom. The molecule has 0 aliphatic carbocycles. The summed E-state index contributed by atoms with van der Waals surface area (Å²) < 4.78 is 16.5.